The van der Waals surface area contributed by atoms with Crippen LogP contribution in [-0.2, 0) is 11.0 Å². The van der Waals surface area contributed by atoms with E-state index in [1.807, 2.05) is 15.9 Å². The molecule has 0 spiro atoms. The fourth-order valence-corrected chi connectivity index (χ4v) is 4.16. The highest BCUT2D eigenvalue weighted by Crippen LogP contribution is 2.35. The van der Waals surface area contributed by atoms with E-state index < -0.39 is 11.7 Å². The van der Waals surface area contributed by atoms with Crippen LogP contribution in [-0.4, -0.2) is 55.2 Å². The quantitative estimate of drug-likeness (QED) is 0.742. The maximum absolute atomic E-state index is 12.8. The summed E-state index contributed by atoms with van der Waals surface area (Å²) in [5.41, 5.74) is -0.768. The number of halogens is 3. The zero-order valence-corrected chi connectivity index (χ0v) is 16.4. The van der Waals surface area contributed by atoms with E-state index in [9.17, 15) is 18.0 Å². The van der Waals surface area contributed by atoms with Crippen molar-refractivity contribution < 1.29 is 27.4 Å². The van der Waals surface area contributed by atoms with E-state index in [0.717, 1.165) is 18.7 Å². The summed E-state index contributed by atoms with van der Waals surface area (Å²) >= 11 is 0. The van der Waals surface area contributed by atoms with Crippen molar-refractivity contribution in [3.63, 3.8) is 0 Å². The van der Waals surface area contributed by atoms with E-state index in [2.05, 4.69) is 4.98 Å². The van der Waals surface area contributed by atoms with Crippen molar-refractivity contribution in [3.8, 4) is 11.5 Å². The molecule has 1 aromatic heterocycles. The molecule has 2 saturated heterocycles. The van der Waals surface area contributed by atoms with E-state index in [1.54, 1.807) is 18.2 Å². The first-order chi connectivity index (χ1) is 14.4. The monoisotopic (exact) mass is 421 g/mol. The standard InChI is InChI=1S/C21H22F3N3O3/c1-29-17-4-2-3-5-18(17)30-13-20(28)27-9-8-14-11-26(12-16(14)27)19-7-6-15(10-25-19)21(22,23)24/h2-7,10,14,16H,8-9,11-13H2,1H3. The highest BCUT2D eigenvalue weighted by atomic mass is 19.4. The van der Waals surface area contributed by atoms with E-state index in [1.165, 1.54) is 13.2 Å². The summed E-state index contributed by atoms with van der Waals surface area (Å²) in [6, 6.07) is 9.56. The normalized spacial score (nSPS) is 20.9. The molecule has 3 heterocycles. The number of nitrogens with zero attached hydrogens (tertiary/aromatic N) is 3. The number of amides is 1. The molecule has 1 aromatic carbocycles. The molecule has 0 radical (unpaired) electrons. The van der Waals surface area contributed by atoms with Crippen molar-refractivity contribution in [1.82, 2.24) is 9.88 Å². The minimum Gasteiger partial charge on any atom is -0.493 e. The van der Waals surface area contributed by atoms with Gasteiger partial charge in [-0.25, -0.2) is 4.98 Å². The first-order valence-corrected chi connectivity index (χ1v) is 9.70. The number of para-hydroxylation sites is 2. The van der Waals surface area contributed by atoms with Crippen molar-refractivity contribution in [3.05, 3.63) is 48.2 Å². The van der Waals surface area contributed by atoms with Gasteiger partial charge >= 0.3 is 6.18 Å². The predicted octanol–water partition coefficient (Wildman–Crippen LogP) is 3.23. The number of rotatable bonds is 5. The minimum absolute atomic E-state index is 0.00265. The van der Waals surface area contributed by atoms with Gasteiger partial charge in [0.25, 0.3) is 5.91 Å². The Morgan fingerprint density at radius 2 is 1.93 bits per heavy atom. The first-order valence-electron chi connectivity index (χ1n) is 9.70. The number of hydrogen-bond acceptors (Lipinski definition) is 5. The average Bonchev–Trinajstić information content (AvgIpc) is 3.32. The molecule has 0 saturated carbocycles. The van der Waals surface area contributed by atoms with Crippen molar-refractivity contribution in [2.45, 2.75) is 18.6 Å². The van der Waals surface area contributed by atoms with Gasteiger partial charge in [0.15, 0.2) is 18.1 Å². The van der Waals surface area contributed by atoms with Crippen LogP contribution in [0.3, 0.4) is 0 Å². The summed E-state index contributed by atoms with van der Waals surface area (Å²) in [5.74, 6) is 1.71. The molecule has 4 rings (SSSR count). The maximum atomic E-state index is 12.8. The molecule has 9 heteroatoms. The number of carbonyl (C=O) groups is 1. The van der Waals surface area contributed by atoms with Gasteiger partial charge in [0.05, 0.1) is 18.7 Å². The van der Waals surface area contributed by atoms with Gasteiger partial charge < -0.3 is 19.3 Å². The third kappa shape index (κ3) is 4.01. The van der Waals surface area contributed by atoms with Crippen molar-refractivity contribution >= 4 is 11.7 Å². The third-order valence-corrected chi connectivity index (χ3v) is 5.69. The van der Waals surface area contributed by atoms with E-state index >= 15 is 0 Å². The number of aromatic nitrogens is 1. The van der Waals surface area contributed by atoms with Gasteiger partial charge in [-0.2, -0.15) is 13.2 Å². The van der Waals surface area contributed by atoms with E-state index in [0.29, 0.717) is 37.0 Å². The number of hydrogen-bond donors (Lipinski definition) is 0. The molecule has 2 aromatic rings. The van der Waals surface area contributed by atoms with Crippen LogP contribution in [0, 0.1) is 5.92 Å². The van der Waals surface area contributed by atoms with Gasteiger partial charge in [0, 0.05) is 31.7 Å². The Bertz CT molecular complexity index is 904. The Labute approximate surface area is 172 Å². The molecular weight excluding hydrogens is 399 g/mol. The highest BCUT2D eigenvalue weighted by molar-refractivity contribution is 5.79. The number of ether oxygens (including phenoxy) is 2. The fourth-order valence-electron chi connectivity index (χ4n) is 4.16. The molecular formula is C21H22F3N3O3. The zero-order valence-electron chi connectivity index (χ0n) is 16.4. The van der Waals surface area contributed by atoms with Crippen molar-refractivity contribution in [1.29, 1.82) is 0 Å². The summed E-state index contributed by atoms with van der Waals surface area (Å²) in [5, 5.41) is 0. The van der Waals surface area contributed by atoms with Crippen LogP contribution < -0.4 is 14.4 Å². The highest BCUT2D eigenvalue weighted by Gasteiger charge is 2.43. The Morgan fingerprint density at radius 3 is 2.60 bits per heavy atom. The number of pyridine rings is 1. The molecule has 0 bridgehead atoms. The Hall–Kier alpha value is -2.97. The lowest BCUT2D eigenvalue weighted by Crippen LogP contribution is -2.42. The number of anilines is 1. The van der Waals surface area contributed by atoms with Gasteiger partial charge in [0.2, 0.25) is 0 Å². The van der Waals surface area contributed by atoms with E-state index in [-0.39, 0.29) is 24.5 Å². The summed E-state index contributed by atoms with van der Waals surface area (Å²) in [4.78, 5) is 20.5. The molecule has 2 atom stereocenters. The Balaban J connectivity index is 1.38. The molecule has 30 heavy (non-hydrogen) atoms. The van der Waals surface area contributed by atoms with Crippen LogP contribution in [0.15, 0.2) is 42.6 Å². The molecule has 2 aliphatic rings. The molecule has 2 unspecified atom stereocenters. The summed E-state index contributed by atoms with van der Waals surface area (Å²) < 4.78 is 49.1. The number of carbonyl (C=O) groups excluding carboxylic acids is 1. The van der Waals surface area contributed by atoms with Gasteiger partial charge in [-0.15, -0.1) is 0 Å². The van der Waals surface area contributed by atoms with Gasteiger partial charge in [0.1, 0.15) is 5.82 Å². The van der Waals surface area contributed by atoms with Crippen LogP contribution >= 0.6 is 0 Å². The second kappa shape index (κ2) is 8.04. The van der Waals surface area contributed by atoms with Gasteiger partial charge in [-0.1, -0.05) is 12.1 Å². The third-order valence-electron chi connectivity index (χ3n) is 5.69. The SMILES string of the molecule is COc1ccccc1OCC(=O)N1CCC2CN(c3ccc(C(F)(F)F)cn3)CC21. The van der Waals surface area contributed by atoms with Crippen molar-refractivity contribution in [2.24, 2.45) is 5.92 Å². The second-order valence-electron chi connectivity index (χ2n) is 7.45. The van der Waals surface area contributed by atoms with Crippen LogP contribution in [0.5, 0.6) is 11.5 Å². The van der Waals surface area contributed by atoms with Gasteiger partial charge in [-0.05, 0) is 30.7 Å². The Morgan fingerprint density at radius 1 is 1.17 bits per heavy atom. The summed E-state index contributed by atoms with van der Waals surface area (Å²) in [7, 11) is 1.54. The lowest BCUT2D eigenvalue weighted by Gasteiger charge is -2.25. The fraction of sp³-hybridized carbons (Fsp3) is 0.429. The first kappa shape index (κ1) is 20.3. The number of methoxy groups -OCH3 is 1. The lowest BCUT2D eigenvalue weighted by molar-refractivity contribution is -0.138. The second-order valence-corrected chi connectivity index (χ2v) is 7.45. The van der Waals surface area contributed by atoms with Crippen LogP contribution in [0.1, 0.15) is 12.0 Å². The zero-order chi connectivity index (χ0) is 21.3. The number of fused-ring (bicyclic) bond motifs is 1. The van der Waals surface area contributed by atoms with Crippen LogP contribution in [0.4, 0.5) is 19.0 Å². The molecule has 6 nitrogen and oxygen atoms in total. The van der Waals surface area contributed by atoms with Gasteiger partial charge in [-0.3, -0.25) is 4.79 Å². The lowest BCUT2D eigenvalue weighted by atomic mass is 10.1. The number of alkyl halides is 3. The maximum Gasteiger partial charge on any atom is 0.417 e. The topological polar surface area (TPSA) is 54.9 Å². The predicted molar refractivity (Wildman–Crippen MR) is 104 cm³/mol. The summed E-state index contributed by atoms with van der Waals surface area (Å²) in [6.07, 6.45) is -2.70. The molecule has 1 amide bonds. The smallest absolute Gasteiger partial charge is 0.417 e. The molecule has 0 N–H and O–H groups in total. The van der Waals surface area contributed by atoms with Crippen LogP contribution in [0.2, 0.25) is 0 Å². The van der Waals surface area contributed by atoms with Crippen molar-refractivity contribution in [2.75, 3.05) is 38.3 Å². The summed E-state index contributed by atoms with van der Waals surface area (Å²) in [6.45, 7) is 1.77. The Kier molecular flexibility index (Phi) is 5.44. The average molecular weight is 421 g/mol. The van der Waals surface area contributed by atoms with E-state index in [4.69, 9.17) is 9.47 Å². The number of benzene rings is 1. The largest absolute Gasteiger partial charge is 0.493 e. The molecule has 160 valence electrons. The minimum atomic E-state index is -4.41. The molecule has 0 aliphatic carbocycles. The molecule has 2 aliphatic heterocycles. The van der Waals surface area contributed by atoms with Crippen LogP contribution in [0.25, 0.3) is 0 Å². The molecule has 2 fully saturated rings. The number of likely N-dealkylation sites (tertiary alicyclic amines) is 1.